The highest BCUT2D eigenvalue weighted by molar-refractivity contribution is 7.07. The normalized spacial score (nSPS) is 14.5. The Balaban J connectivity index is 2.24. The van der Waals surface area contributed by atoms with Gasteiger partial charge in [0.05, 0.1) is 6.10 Å². The van der Waals surface area contributed by atoms with Gasteiger partial charge in [-0.1, -0.05) is 12.1 Å². The lowest BCUT2D eigenvalue weighted by atomic mass is 9.90. The summed E-state index contributed by atoms with van der Waals surface area (Å²) in [6.07, 6.45) is -0.642. The van der Waals surface area contributed by atoms with Crippen LogP contribution in [0.2, 0.25) is 0 Å². The lowest BCUT2D eigenvalue weighted by molar-refractivity contribution is 0.148. The first kappa shape index (κ1) is 12.2. The number of halogens is 1. The van der Waals surface area contributed by atoms with Crippen LogP contribution in [0, 0.1) is 5.82 Å². The summed E-state index contributed by atoms with van der Waals surface area (Å²) in [5.41, 5.74) is 7.41. The van der Waals surface area contributed by atoms with E-state index in [1.54, 1.807) is 12.1 Å². The fourth-order valence-corrected chi connectivity index (χ4v) is 2.52. The standard InChI is InChI=1S/C13H14FNOS/c14-11-3-1-9(2-4-11)12(7-15)13(16)10-5-6-17-8-10/h1-6,8,12-13,16H,7,15H2. The van der Waals surface area contributed by atoms with Gasteiger partial charge in [0.25, 0.3) is 0 Å². The summed E-state index contributed by atoms with van der Waals surface area (Å²) in [6.45, 7) is 0.322. The predicted octanol–water partition coefficient (Wildman–Crippen LogP) is 2.66. The first-order chi connectivity index (χ1) is 8.22. The summed E-state index contributed by atoms with van der Waals surface area (Å²) in [5, 5.41) is 14.0. The zero-order valence-electron chi connectivity index (χ0n) is 9.21. The fraction of sp³-hybridized carbons (Fsp3) is 0.231. The molecule has 2 rings (SSSR count). The van der Waals surface area contributed by atoms with Gasteiger partial charge < -0.3 is 10.8 Å². The van der Waals surface area contributed by atoms with Crippen molar-refractivity contribution in [2.24, 2.45) is 5.73 Å². The first-order valence-electron chi connectivity index (χ1n) is 5.38. The van der Waals surface area contributed by atoms with E-state index in [9.17, 15) is 9.50 Å². The largest absolute Gasteiger partial charge is 0.388 e. The zero-order chi connectivity index (χ0) is 12.3. The molecule has 0 spiro atoms. The van der Waals surface area contributed by atoms with Gasteiger partial charge in [0, 0.05) is 12.5 Å². The van der Waals surface area contributed by atoms with Crippen molar-refractivity contribution >= 4 is 11.3 Å². The Morgan fingerprint density at radius 1 is 1.18 bits per heavy atom. The van der Waals surface area contributed by atoms with Gasteiger partial charge in [0.1, 0.15) is 5.82 Å². The Kier molecular flexibility index (Phi) is 3.89. The summed E-state index contributed by atoms with van der Waals surface area (Å²) in [6, 6.07) is 7.99. The third-order valence-electron chi connectivity index (χ3n) is 2.82. The van der Waals surface area contributed by atoms with E-state index in [0.29, 0.717) is 6.54 Å². The Bertz CT molecular complexity index is 455. The molecule has 1 aromatic heterocycles. The molecule has 0 aliphatic carbocycles. The summed E-state index contributed by atoms with van der Waals surface area (Å²) in [7, 11) is 0. The van der Waals surface area contributed by atoms with Crippen LogP contribution in [0.3, 0.4) is 0 Å². The molecule has 2 atom stereocenters. The Morgan fingerprint density at radius 2 is 1.88 bits per heavy atom. The molecule has 0 fully saturated rings. The van der Waals surface area contributed by atoms with Gasteiger partial charge in [-0.2, -0.15) is 11.3 Å². The molecule has 1 heterocycles. The second kappa shape index (κ2) is 5.40. The van der Waals surface area contributed by atoms with Crippen molar-refractivity contribution in [2.45, 2.75) is 12.0 Å². The molecule has 0 aliphatic rings. The van der Waals surface area contributed by atoms with Gasteiger partial charge in [-0.25, -0.2) is 4.39 Å². The molecule has 4 heteroatoms. The SMILES string of the molecule is NCC(c1ccc(F)cc1)C(O)c1ccsc1. The van der Waals surface area contributed by atoms with Crippen LogP contribution in [0.15, 0.2) is 41.1 Å². The van der Waals surface area contributed by atoms with Gasteiger partial charge in [0.2, 0.25) is 0 Å². The van der Waals surface area contributed by atoms with E-state index in [2.05, 4.69) is 0 Å². The molecule has 0 amide bonds. The molecule has 0 saturated heterocycles. The molecular formula is C13H14FNOS. The molecule has 1 aromatic carbocycles. The van der Waals surface area contributed by atoms with Crippen molar-refractivity contribution in [3.63, 3.8) is 0 Å². The average Bonchev–Trinajstić information content (AvgIpc) is 2.86. The number of aliphatic hydroxyl groups excluding tert-OH is 1. The average molecular weight is 251 g/mol. The lowest BCUT2D eigenvalue weighted by Gasteiger charge is -2.21. The van der Waals surface area contributed by atoms with Crippen LogP contribution in [0.1, 0.15) is 23.1 Å². The maximum absolute atomic E-state index is 12.8. The lowest BCUT2D eigenvalue weighted by Crippen LogP contribution is -2.19. The van der Waals surface area contributed by atoms with Gasteiger partial charge in [-0.15, -0.1) is 0 Å². The van der Waals surface area contributed by atoms with E-state index in [1.165, 1.54) is 23.5 Å². The molecular weight excluding hydrogens is 237 g/mol. The smallest absolute Gasteiger partial charge is 0.123 e. The summed E-state index contributed by atoms with van der Waals surface area (Å²) < 4.78 is 12.8. The number of nitrogens with two attached hydrogens (primary N) is 1. The highest BCUT2D eigenvalue weighted by atomic mass is 32.1. The number of rotatable bonds is 4. The molecule has 17 heavy (non-hydrogen) atoms. The maximum atomic E-state index is 12.8. The van der Waals surface area contributed by atoms with Gasteiger partial charge in [-0.3, -0.25) is 0 Å². The highest BCUT2D eigenvalue weighted by Gasteiger charge is 2.21. The fourth-order valence-electron chi connectivity index (χ4n) is 1.83. The molecule has 0 saturated carbocycles. The quantitative estimate of drug-likeness (QED) is 0.877. The second-order valence-corrected chi connectivity index (χ2v) is 4.68. The molecule has 2 aromatic rings. The molecule has 0 aliphatic heterocycles. The van der Waals surface area contributed by atoms with E-state index in [1.807, 2.05) is 16.8 Å². The summed E-state index contributed by atoms with van der Waals surface area (Å²) in [4.78, 5) is 0. The third kappa shape index (κ3) is 2.72. The number of hydrogen-bond acceptors (Lipinski definition) is 3. The van der Waals surface area contributed by atoms with Crippen molar-refractivity contribution in [3.8, 4) is 0 Å². The minimum atomic E-state index is -0.642. The van der Waals surface area contributed by atoms with Crippen molar-refractivity contribution in [1.82, 2.24) is 0 Å². The van der Waals surface area contributed by atoms with E-state index in [4.69, 9.17) is 5.73 Å². The molecule has 90 valence electrons. The van der Waals surface area contributed by atoms with Crippen LogP contribution in [-0.4, -0.2) is 11.7 Å². The van der Waals surface area contributed by atoms with Gasteiger partial charge in [0.15, 0.2) is 0 Å². The minimum Gasteiger partial charge on any atom is -0.388 e. The van der Waals surface area contributed by atoms with Crippen molar-refractivity contribution in [3.05, 3.63) is 58.0 Å². The third-order valence-corrected chi connectivity index (χ3v) is 3.52. The summed E-state index contributed by atoms with van der Waals surface area (Å²) in [5.74, 6) is -0.486. The Morgan fingerprint density at radius 3 is 2.41 bits per heavy atom. The van der Waals surface area contributed by atoms with Crippen LogP contribution in [0.25, 0.3) is 0 Å². The van der Waals surface area contributed by atoms with Crippen molar-refractivity contribution in [1.29, 1.82) is 0 Å². The van der Waals surface area contributed by atoms with Crippen LogP contribution in [-0.2, 0) is 0 Å². The number of thiophene rings is 1. The predicted molar refractivity (Wildman–Crippen MR) is 67.5 cm³/mol. The Hall–Kier alpha value is -1.23. The minimum absolute atomic E-state index is 0.204. The maximum Gasteiger partial charge on any atom is 0.123 e. The summed E-state index contributed by atoms with van der Waals surface area (Å²) >= 11 is 1.53. The molecule has 3 N–H and O–H groups in total. The van der Waals surface area contributed by atoms with E-state index in [-0.39, 0.29) is 11.7 Å². The van der Waals surface area contributed by atoms with E-state index in [0.717, 1.165) is 11.1 Å². The topological polar surface area (TPSA) is 46.2 Å². The van der Waals surface area contributed by atoms with Crippen LogP contribution in [0.4, 0.5) is 4.39 Å². The Labute approximate surface area is 104 Å². The zero-order valence-corrected chi connectivity index (χ0v) is 10.0. The van der Waals surface area contributed by atoms with Crippen molar-refractivity contribution < 1.29 is 9.50 Å². The van der Waals surface area contributed by atoms with Gasteiger partial charge >= 0.3 is 0 Å². The monoisotopic (exact) mass is 251 g/mol. The van der Waals surface area contributed by atoms with Crippen molar-refractivity contribution in [2.75, 3.05) is 6.54 Å². The van der Waals surface area contributed by atoms with Crippen LogP contribution >= 0.6 is 11.3 Å². The highest BCUT2D eigenvalue weighted by Crippen LogP contribution is 2.31. The van der Waals surface area contributed by atoms with Crippen LogP contribution in [0.5, 0.6) is 0 Å². The number of aliphatic hydroxyl groups is 1. The molecule has 0 bridgehead atoms. The number of hydrogen-bond donors (Lipinski definition) is 2. The van der Waals surface area contributed by atoms with Gasteiger partial charge in [-0.05, 0) is 40.1 Å². The van der Waals surface area contributed by atoms with E-state index >= 15 is 0 Å². The molecule has 2 nitrogen and oxygen atoms in total. The molecule has 2 unspecified atom stereocenters. The first-order valence-corrected chi connectivity index (χ1v) is 6.32. The number of benzene rings is 1. The van der Waals surface area contributed by atoms with Crippen LogP contribution < -0.4 is 5.73 Å². The molecule has 0 radical (unpaired) electrons. The van der Waals surface area contributed by atoms with E-state index < -0.39 is 6.10 Å². The second-order valence-electron chi connectivity index (χ2n) is 3.90.